The normalized spacial score (nSPS) is 21.8. The number of hydrogen-bond donors (Lipinski definition) is 1. The minimum absolute atomic E-state index is 0.167. The Morgan fingerprint density at radius 1 is 1.60 bits per heavy atom. The van der Waals surface area contributed by atoms with E-state index in [4.69, 9.17) is 9.47 Å². The van der Waals surface area contributed by atoms with Gasteiger partial charge >= 0.3 is 0 Å². The average molecular weight is 212 g/mol. The molecule has 2 rings (SSSR count). The first-order chi connectivity index (χ1) is 7.36. The molecule has 1 aromatic heterocycles. The van der Waals surface area contributed by atoms with Crippen molar-refractivity contribution in [3.63, 3.8) is 0 Å². The van der Waals surface area contributed by atoms with Crippen LogP contribution in [0.1, 0.15) is 5.69 Å². The van der Waals surface area contributed by atoms with E-state index in [9.17, 15) is 0 Å². The summed E-state index contributed by atoms with van der Waals surface area (Å²) >= 11 is 0. The van der Waals surface area contributed by atoms with Gasteiger partial charge in [-0.05, 0) is 0 Å². The van der Waals surface area contributed by atoms with Gasteiger partial charge in [-0.2, -0.15) is 0 Å². The molecule has 1 aliphatic heterocycles. The van der Waals surface area contributed by atoms with Crippen LogP contribution in [0.5, 0.6) is 0 Å². The van der Waals surface area contributed by atoms with Crippen molar-refractivity contribution in [1.29, 1.82) is 0 Å². The Morgan fingerprint density at radius 3 is 3.20 bits per heavy atom. The fraction of sp³-hybridized carbons (Fsp3) is 0.778. The highest BCUT2D eigenvalue weighted by molar-refractivity contribution is 4.92. The molecular formula is C9H16N4O2. The van der Waals surface area contributed by atoms with E-state index >= 15 is 0 Å². The van der Waals surface area contributed by atoms with Crippen molar-refractivity contribution in [3.8, 4) is 0 Å². The lowest BCUT2D eigenvalue weighted by Gasteiger charge is -2.23. The quantitative estimate of drug-likeness (QED) is 0.716. The molecule has 0 amide bonds. The molecule has 0 aliphatic carbocycles. The largest absolute Gasteiger partial charge is 0.376 e. The Balaban J connectivity index is 1.68. The Hall–Kier alpha value is -0.980. The average Bonchev–Trinajstić information content (AvgIpc) is 2.66. The third-order valence-corrected chi connectivity index (χ3v) is 2.37. The lowest BCUT2D eigenvalue weighted by molar-refractivity contribution is -0.0864. The number of nitrogens with zero attached hydrogens (tertiary/aromatic N) is 3. The van der Waals surface area contributed by atoms with Crippen LogP contribution in [-0.4, -0.2) is 47.5 Å². The van der Waals surface area contributed by atoms with E-state index in [1.807, 2.05) is 7.05 Å². The predicted molar refractivity (Wildman–Crippen MR) is 53.3 cm³/mol. The van der Waals surface area contributed by atoms with Gasteiger partial charge in [0.2, 0.25) is 0 Å². The molecule has 1 aliphatic rings. The van der Waals surface area contributed by atoms with Crippen molar-refractivity contribution in [2.45, 2.75) is 12.6 Å². The fourth-order valence-electron chi connectivity index (χ4n) is 1.49. The van der Waals surface area contributed by atoms with Crippen LogP contribution in [0.4, 0.5) is 0 Å². The highest BCUT2D eigenvalue weighted by atomic mass is 16.6. The molecule has 0 aromatic carbocycles. The highest BCUT2D eigenvalue weighted by Gasteiger charge is 2.13. The van der Waals surface area contributed by atoms with Gasteiger partial charge in [0.15, 0.2) is 0 Å². The highest BCUT2D eigenvalue weighted by Crippen LogP contribution is 1.99. The number of ether oxygens (including phenoxy) is 2. The molecule has 6 nitrogen and oxygen atoms in total. The summed E-state index contributed by atoms with van der Waals surface area (Å²) in [4.78, 5) is 0. The number of nitrogens with one attached hydrogen (secondary N) is 1. The number of aryl methyl sites for hydroxylation is 1. The molecule has 0 spiro atoms. The molecule has 1 saturated heterocycles. The monoisotopic (exact) mass is 212 g/mol. The van der Waals surface area contributed by atoms with Gasteiger partial charge in [0, 0.05) is 20.1 Å². The van der Waals surface area contributed by atoms with Gasteiger partial charge in [0.05, 0.1) is 37.8 Å². The lowest BCUT2D eigenvalue weighted by atomic mass is 10.3. The molecule has 0 saturated carbocycles. The van der Waals surface area contributed by atoms with E-state index in [1.165, 1.54) is 0 Å². The Kier molecular flexibility index (Phi) is 3.65. The van der Waals surface area contributed by atoms with Gasteiger partial charge in [-0.15, -0.1) is 5.10 Å². The van der Waals surface area contributed by atoms with E-state index in [0.717, 1.165) is 18.8 Å². The van der Waals surface area contributed by atoms with Crippen molar-refractivity contribution in [2.75, 3.05) is 26.4 Å². The summed E-state index contributed by atoms with van der Waals surface area (Å²) in [6.07, 6.45) is 1.92. The Bertz CT molecular complexity index is 296. The maximum absolute atomic E-state index is 5.50. The van der Waals surface area contributed by atoms with Gasteiger partial charge < -0.3 is 14.8 Å². The molecule has 1 fully saturated rings. The fourth-order valence-corrected chi connectivity index (χ4v) is 1.49. The summed E-state index contributed by atoms with van der Waals surface area (Å²) in [5.41, 5.74) is 1.06. The molecule has 1 atom stereocenters. The molecule has 15 heavy (non-hydrogen) atoms. The molecule has 0 bridgehead atoms. The van der Waals surface area contributed by atoms with Crippen LogP contribution >= 0.6 is 0 Å². The topological polar surface area (TPSA) is 61.2 Å². The lowest BCUT2D eigenvalue weighted by Crippen LogP contribution is -2.37. The third-order valence-electron chi connectivity index (χ3n) is 2.37. The molecule has 1 N–H and O–H groups in total. The number of aromatic nitrogens is 3. The second kappa shape index (κ2) is 5.20. The number of rotatable bonds is 4. The number of hydrogen-bond acceptors (Lipinski definition) is 5. The first-order valence-corrected chi connectivity index (χ1v) is 5.10. The summed E-state index contributed by atoms with van der Waals surface area (Å²) in [7, 11) is 1.88. The van der Waals surface area contributed by atoms with Crippen LogP contribution < -0.4 is 5.32 Å². The zero-order chi connectivity index (χ0) is 10.5. The van der Waals surface area contributed by atoms with Gasteiger partial charge in [0.25, 0.3) is 0 Å². The van der Waals surface area contributed by atoms with E-state index < -0.39 is 0 Å². The van der Waals surface area contributed by atoms with Crippen molar-refractivity contribution < 1.29 is 9.47 Å². The van der Waals surface area contributed by atoms with E-state index in [0.29, 0.717) is 19.8 Å². The minimum Gasteiger partial charge on any atom is -0.376 e. The second-order valence-corrected chi connectivity index (χ2v) is 3.55. The first kappa shape index (κ1) is 10.5. The van der Waals surface area contributed by atoms with Crippen molar-refractivity contribution in [2.24, 2.45) is 7.05 Å². The van der Waals surface area contributed by atoms with Crippen LogP contribution in [0.15, 0.2) is 6.20 Å². The molecule has 6 heteroatoms. The van der Waals surface area contributed by atoms with Crippen LogP contribution in [-0.2, 0) is 23.1 Å². The SMILES string of the molecule is Cn1nncc1CNCC1COCCO1. The van der Waals surface area contributed by atoms with Crippen molar-refractivity contribution in [3.05, 3.63) is 11.9 Å². The van der Waals surface area contributed by atoms with Crippen LogP contribution in [0, 0.1) is 0 Å². The van der Waals surface area contributed by atoms with E-state index in [2.05, 4.69) is 15.6 Å². The second-order valence-electron chi connectivity index (χ2n) is 3.55. The molecule has 84 valence electrons. The van der Waals surface area contributed by atoms with Gasteiger partial charge in [0.1, 0.15) is 0 Å². The Labute approximate surface area is 88.6 Å². The predicted octanol–water partition coefficient (Wildman–Crippen LogP) is -0.680. The maximum atomic E-state index is 5.50. The zero-order valence-corrected chi connectivity index (χ0v) is 8.85. The standard InChI is InChI=1S/C9H16N4O2/c1-13-8(5-11-12-13)4-10-6-9-7-14-2-3-15-9/h5,9-10H,2-4,6-7H2,1H3. The van der Waals surface area contributed by atoms with E-state index in [-0.39, 0.29) is 6.10 Å². The van der Waals surface area contributed by atoms with Crippen molar-refractivity contribution in [1.82, 2.24) is 20.3 Å². The van der Waals surface area contributed by atoms with Crippen molar-refractivity contribution >= 4 is 0 Å². The molecule has 0 radical (unpaired) electrons. The van der Waals surface area contributed by atoms with Gasteiger partial charge in [-0.25, -0.2) is 0 Å². The zero-order valence-electron chi connectivity index (χ0n) is 8.85. The summed E-state index contributed by atoms with van der Waals surface area (Å²) in [6.45, 7) is 3.63. The third kappa shape index (κ3) is 2.98. The molecule has 1 aromatic rings. The summed E-state index contributed by atoms with van der Waals surface area (Å²) in [5, 5.41) is 10.9. The maximum Gasteiger partial charge on any atom is 0.0933 e. The summed E-state index contributed by atoms with van der Waals surface area (Å²) < 4.78 is 12.6. The van der Waals surface area contributed by atoms with Crippen LogP contribution in [0.2, 0.25) is 0 Å². The molecule has 2 heterocycles. The van der Waals surface area contributed by atoms with Crippen LogP contribution in [0.3, 0.4) is 0 Å². The summed E-state index contributed by atoms with van der Waals surface area (Å²) in [5.74, 6) is 0. The van der Waals surface area contributed by atoms with E-state index in [1.54, 1.807) is 10.9 Å². The molecule has 1 unspecified atom stereocenters. The first-order valence-electron chi connectivity index (χ1n) is 5.10. The van der Waals surface area contributed by atoms with Gasteiger partial charge in [-0.3, -0.25) is 4.68 Å². The Morgan fingerprint density at radius 2 is 2.53 bits per heavy atom. The molecular weight excluding hydrogens is 196 g/mol. The summed E-state index contributed by atoms with van der Waals surface area (Å²) in [6, 6.07) is 0. The van der Waals surface area contributed by atoms with Crippen LogP contribution in [0.25, 0.3) is 0 Å². The smallest absolute Gasteiger partial charge is 0.0933 e. The van der Waals surface area contributed by atoms with Gasteiger partial charge in [-0.1, -0.05) is 5.21 Å². The minimum atomic E-state index is 0.167.